The Morgan fingerprint density at radius 1 is 0.690 bits per heavy atom. The lowest BCUT2D eigenvalue weighted by Gasteiger charge is -2.19. The molecule has 3 aromatic carbocycles. The van der Waals surface area contributed by atoms with Gasteiger partial charge >= 0.3 is 0 Å². The van der Waals surface area contributed by atoms with Crippen LogP contribution in [0.15, 0.2) is 69.3 Å². The first kappa shape index (κ1) is 21.5. The number of methoxy groups -OCH3 is 3. The summed E-state index contributed by atoms with van der Waals surface area (Å²) in [5.41, 5.74) is 3.65. The number of benzene rings is 3. The predicted octanol–water partition coefficient (Wildman–Crippen LogP) is 6.77. The molecular formula is C24H26O3S2. The standard InChI is InChI=1S/C24H26O3S2/c1-16-6-10-19(11-7-16)28-15-18-14-21(25-3)22(26-4)23(27-5)24(18)29-20-12-8-17(2)9-13-20/h6-14H,15H2,1-5H3. The van der Waals surface area contributed by atoms with Crippen molar-refractivity contribution in [3.05, 3.63) is 71.3 Å². The second-order valence-electron chi connectivity index (χ2n) is 6.65. The Kier molecular flexibility index (Phi) is 7.40. The average molecular weight is 427 g/mol. The normalized spacial score (nSPS) is 10.7. The highest BCUT2D eigenvalue weighted by molar-refractivity contribution is 8.00. The molecule has 0 aliphatic carbocycles. The summed E-state index contributed by atoms with van der Waals surface area (Å²) in [5.74, 6) is 2.80. The molecule has 0 spiro atoms. The number of ether oxygens (including phenoxy) is 3. The molecule has 0 aliphatic heterocycles. The number of hydrogen-bond acceptors (Lipinski definition) is 5. The van der Waals surface area contributed by atoms with Crippen molar-refractivity contribution in [1.29, 1.82) is 0 Å². The van der Waals surface area contributed by atoms with Crippen molar-refractivity contribution in [2.75, 3.05) is 21.3 Å². The van der Waals surface area contributed by atoms with Crippen molar-refractivity contribution in [3.63, 3.8) is 0 Å². The number of thioether (sulfide) groups is 1. The van der Waals surface area contributed by atoms with E-state index in [-0.39, 0.29) is 0 Å². The van der Waals surface area contributed by atoms with E-state index in [0.29, 0.717) is 17.2 Å². The van der Waals surface area contributed by atoms with Crippen LogP contribution in [0.1, 0.15) is 16.7 Å². The van der Waals surface area contributed by atoms with E-state index in [2.05, 4.69) is 68.4 Å². The smallest absolute Gasteiger partial charge is 0.204 e. The molecule has 0 heterocycles. The van der Waals surface area contributed by atoms with E-state index in [1.54, 1.807) is 44.9 Å². The van der Waals surface area contributed by atoms with E-state index < -0.39 is 0 Å². The van der Waals surface area contributed by atoms with Gasteiger partial charge in [-0.15, -0.1) is 11.8 Å². The molecule has 0 aliphatic rings. The van der Waals surface area contributed by atoms with Crippen LogP contribution in [0, 0.1) is 13.8 Å². The highest BCUT2D eigenvalue weighted by Gasteiger charge is 2.21. The zero-order chi connectivity index (χ0) is 20.8. The molecule has 0 saturated heterocycles. The Morgan fingerprint density at radius 3 is 1.76 bits per heavy atom. The first-order valence-corrected chi connectivity index (χ1v) is 11.1. The van der Waals surface area contributed by atoms with Crippen molar-refractivity contribution in [2.24, 2.45) is 0 Å². The van der Waals surface area contributed by atoms with Gasteiger partial charge in [0.25, 0.3) is 0 Å². The van der Waals surface area contributed by atoms with Crippen LogP contribution >= 0.6 is 23.5 Å². The Bertz CT molecular complexity index is 951. The van der Waals surface area contributed by atoms with Gasteiger partial charge in [0.15, 0.2) is 11.5 Å². The molecule has 0 amide bonds. The van der Waals surface area contributed by atoms with Crippen LogP contribution in [0.25, 0.3) is 0 Å². The molecule has 3 nitrogen and oxygen atoms in total. The van der Waals surface area contributed by atoms with Crippen LogP contribution in [0.3, 0.4) is 0 Å². The first-order valence-electron chi connectivity index (χ1n) is 9.31. The highest BCUT2D eigenvalue weighted by atomic mass is 32.2. The Hall–Kier alpha value is -2.24. The van der Waals surface area contributed by atoms with E-state index in [0.717, 1.165) is 21.1 Å². The quantitative estimate of drug-likeness (QED) is 0.370. The topological polar surface area (TPSA) is 27.7 Å². The molecule has 29 heavy (non-hydrogen) atoms. The summed E-state index contributed by atoms with van der Waals surface area (Å²) in [6.07, 6.45) is 0. The van der Waals surface area contributed by atoms with Gasteiger partial charge in [0.2, 0.25) is 5.75 Å². The van der Waals surface area contributed by atoms with E-state index >= 15 is 0 Å². The fraction of sp³-hybridized carbons (Fsp3) is 0.250. The van der Waals surface area contributed by atoms with Crippen LogP contribution in [0.2, 0.25) is 0 Å². The molecule has 5 heteroatoms. The van der Waals surface area contributed by atoms with Gasteiger partial charge in [-0.2, -0.15) is 0 Å². The molecule has 0 saturated carbocycles. The van der Waals surface area contributed by atoms with Crippen LogP contribution < -0.4 is 14.2 Å². The minimum absolute atomic E-state index is 0.619. The predicted molar refractivity (Wildman–Crippen MR) is 122 cm³/mol. The second kappa shape index (κ2) is 9.99. The number of rotatable bonds is 8. The van der Waals surface area contributed by atoms with Gasteiger partial charge in [0, 0.05) is 15.5 Å². The second-order valence-corrected chi connectivity index (χ2v) is 8.78. The lowest BCUT2D eigenvalue weighted by atomic mass is 10.2. The largest absolute Gasteiger partial charge is 0.493 e. The summed E-state index contributed by atoms with van der Waals surface area (Å²) < 4.78 is 17.0. The van der Waals surface area contributed by atoms with Crippen LogP contribution in [-0.4, -0.2) is 21.3 Å². The SMILES string of the molecule is COc1cc(CSc2ccc(C)cc2)c(Sc2ccc(C)cc2)c(OC)c1OC. The third-order valence-electron chi connectivity index (χ3n) is 4.52. The molecule has 0 fully saturated rings. The zero-order valence-electron chi connectivity index (χ0n) is 17.4. The van der Waals surface area contributed by atoms with Crippen LogP contribution in [0.4, 0.5) is 0 Å². The molecule has 0 unspecified atom stereocenters. The van der Waals surface area contributed by atoms with Crippen LogP contribution in [0.5, 0.6) is 17.2 Å². The van der Waals surface area contributed by atoms with Crippen molar-refractivity contribution in [2.45, 2.75) is 34.3 Å². The average Bonchev–Trinajstić information content (AvgIpc) is 2.74. The van der Waals surface area contributed by atoms with Gasteiger partial charge in [-0.3, -0.25) is 0 Å². The Labute approximate surface area is 181 Å². The van der Waals surface area contributed by atoms with Crippen molar-refractivity contribution in [1.82, 2.24) is 0 Å². The maximum atomic E-state index is 5.78. The third-order valence-corrected chi connectivity index (χ3v) is 6.74. The summed E-state index contributed by atoms with van der Waals surface area (Å²) in [6.45, 7) is 4.19. The van der Waals surface area contributed by atoms with E-state index in [1.165, 1.54) is 16.0 Å². The Morgan fingerprint density at radius 2 is 1.24 bits per heavy atom. The molecule has 0 aromatic heterocycles. The van der Waals surface area contributed by atoms with Crippen molar-refractivity contribution < 1.29 is 14.2 Å². The van der Waals surface area contributed by atoms with Gasteiger partial charge in [-0.1, -0.05) is 47.2 Å². The summed E-state index contributed by atoms with van der Waals surface area (Å²) in [7, 11) is 4.97. The maximum absolute atomic E-state index is 5.78. The molecule has 0 radical (unpaired) electrons. The van der Waals surface area contributed by atoms with Gasteiger partial charge in [-0.25, -0.2) is 0 Å². The van der Waals surface area contributed by atoms with Gasteiger partial charge in [0.05, 0.1) is 26.2 Å². The number of hydrogen-bond donors (Lipinski definition) is 0. The van der Waals surface area contributed by atoms with Crippen molar-refractivity contribution >= 4 is 23.5 Å². The third kappa shape index (κ3) is 5.22. The van der Waals surface area contributed by atoms with Gasteiger partial charge in [-0.05, 0) is 49.7 Å². The molecule has 152 valence electrons. The zero-order valence-corrected chi connectivity index (χ0v) is 19.1. The lowest BCUT2D eigenvalue weighted by Crippen LogP contribution is -2.00. The molecule has 3 rings (SSSR count). The summed E-state index contributed by atoms with van der Waals surface area (Å²) in [6, 6.07) is 19.2. The number of aryl methyl sites for hydroxylation is 2. The monoisotopic (exact) mass is 426 g/mol. The minimum atomic E-state index is 0.619. The van der Waals surface area contributed by atoms with Gasteiger partial charge in [0.1, 0.15) is 0 Å². The highest BCUT2D eigenvalue weighted by Crippen LogP contribution is 2.49. The molecular weight excluding hydrogens is 400 g/mol. The summed E-state index contributed by atoms with van der Waals surface area (Å²) in [4.78, 5) is 3.44. The minimum Gasteiger partial charge on any atom is -0.493 e. The summed E-state index contributed by atoms with van der Waals surface area (Å²) in [5, 5.41) is 0. The van der Waals surface area contributed by atoms with E-state index in [1.807, 2.05) is 0 Å². The molecule has 3 aromatic rings. The molecule has 0 bridgehead atoms. The maximum Gasteiger partial charge on any atom is 0.204 e. The lowest BCUT2D eigenvalue weighted by molar-refractivity contribution is 0.319. The van der Waals surface area contributed by atoms with E-state index in [4.69, 9.17) is 14.2 Å². The van der Waals surface area contributed by atoms with E-state index in [9.17, 15) is 0 Å². The first-order chi connectivity index (χ1) is 14.0. The van der Waals surface area contributed by atoms with Gasteiger partial charge < -0.3 is 14.2 Å². The van der Waals surface area contributed by atoms with Crippen molar-refractivity contribution in [3.8, 4) is 17.2 Å². The van der Waals surface area contributed by atoms with Crippen LogP contribution in [-0.2, 0) is 5.75 Å². The Balaban J connectivity index is 2.01. The fourth-order valence-electron chi connectivity index (χ4n) is 2.92. The molecule has 0 atom stereocenters. The fourth-order valence-corrected chi connectivity index (χ4v) is 4.93. The summed E-state index contributed by atoms with van der Waals surface area (Å²) >= 11 is 3.48. The molecule has 0 N–H and O–H groups in total.